The Balaban J connectivity index is 1.67. The lowest BCUT2D eigenvalue weighted by atomic mass is 10.0. The first-order valence-electron chi connectivity index (χ1n) is 9.64. The fraction of sp³-hybridized carbons (Fsp3) is 0.182. The largest absolute Gasteiger partial charge is 0.462 e. The molecule has 2 aromatic heterocycles. The number of carbonyl (C=O) groups is 3. The molecular formula is C22H21N3O5S2. The van der Waals surface area contributed by atoms with Crippen LogP contribution in [0, 0.1) is 0 Å². The molecule has 8 nitrogen and oxygen atoms in total. The van der Waals surface area contributed by atoms with Crippen molar-refractivity contribution in [2.75, 3.05) is 30.4 Å². The Morgan fingerprint density at radius 1 is 1.09 bits per heavy atom. The molecule has 32 heavy (non-hydrogen) atoms. The maximum atomic E-state index is 12.6. The number of aromatic nitrogens is 1. The normalized spacial score (nSPS) is 10.3. The van der Waals surface area contributed by atoms with Gasteiger partial charge in [-0.25, -0.2) is 14.6 Å². The van der Waals surface area contributed by atoms with Crippen LogP contribution in [0.5, 0.6) is 0 Å². The van der Waals surface area contributed by atoms with Gasteiger partial charge in [-0.1, -0.05) is 36.4 Å². The zero-order valence-corrected chi connectivity index (χ0v) is 18.9. The minimum Gasteiger partial charge on any atom is -0.462 e. The molecule has 0 saturated heterocycles. The Kier molecular flexibility index (Phi) is 8.12. The smallest absolute Gasteiger partial charge is 0.358 e. The minimum atomic E-state index is -0.718. The van der Waals surface area contributed by atoms with Crippen LogP contribution in [0.1, 0.15) is 27.8 Å². The highest BCUT2D eigenvalue weighted by atomic mass is 32.1. The number of rotatable bonds is 10. The van der Waals surface area contributed by atoms with Gasteiger partial charge >= 0.3 is 11.9 Å². The molecule has 2 heterocycles. The molecule has 0 aliphatic heterocycles. The predicted molar refractivity (Wildman–Crippen MR) is 125 cm³/mol. The van der Waals surface area contributed by atoms with E-state index in [2.05, 4.69) is 22.2 Å². The lowest BCUT2D eigenvalue weighted by molar-refractivity contribution is -0.119. The standard InChI is InChI=1S/C22H21N3O5S2/c1-3-10-23-22-24-16(13-32-22)20(27)30-11-17(26)25-19-18(21(28)29-4-2)15(12-31-19)14-8-6-5-7-9-14/h3,5-9,12-13H,1,4,10-11H2,2H3,(H,23,24)(H,25,26). The van der Waals surface area contributed by atoms with E-state index in [1.807, 2.05) is 30.3 Å². The van der Waals surface area contributed by atoms with Gasteiger partial charge in [-0.3, -0.25) is 4.79 Å². The molecule has 0 aliphatic carbocycles. The van der Waals surface area contributed by atoms with E-state index in [0.29, 0.717) is 22.2 Å². The fourth-order valence-corrected chi connectivity index (χ4v) is 4.33. The highest BCUT2D eigenvalue weighted by Crippen LogP contribution is 2.36. The summed E-state index contributed by atoms with van der Waals surface area (Å²) in [6, 6.07) is 9.32. The minimum absolute atomic E-state index is 0.101. The molecule has 3 aromatic rings. The lowest BCUT2D eigenvalue weighted by Gasteiger charge is -2.09. The van der Waals surface area contributed by atoms with E-state index in [1.165, 1.54) is 28.1 Å². The number of carbonyl (C=O) groups excluding carboxylic acids is 3. The number of hydrogen-bond donors (Lipinski definition) is 2. The van der Waals surface area contributed by atoms with Crippen molar-refractivity contribution in [2.45, 2.75) is 6.92 Å². The summed E-state index contributed by atoms with van der Waals surface area (Å²) in [5, 5.41) is 9.80. The number of amides is 1. The van der Waals surface area contributed by atoms with Gasteiger partial charge in [-0.05, 0) is 12.5 Å². The molecular weight excluding hydrogens is 450 g/mol. The maximum absolute atomic E-state index is 12.6. The molecule has 0 atom stereocenters. The van der Waals surface area contributed by atoms with E-state index in [1.54, 1.807) is 18.4 Å². The summed E-state index contributed by atoms with van der Waals surface area (Å²) < 4.78 is 10.2. The van der Waals surface area contributed by atoms with E-state index in [9.17, 15) is 14.4 Å². The van der Waals surface area contributed by atoms with Crippen molar-refractivity contribution < 1.29 is 23.9 Å². The zero-order chi connectivity index (χ0) is 22.9. The van der Waals surface area contributed by atoms with Gasteiger partial charge in [0.15, 0.2) is 17.4 Å². The highest BCUT2D eigenvalue weighted by Gasteiger charge is 2.23. The third-order valence-corrected chi connectivity index (χ3v) is 5.75. The van der Waals surface area contributed by atoms with Crippen LogP contribution < -0.4 is 10.6 Å². The van der Waals surface area contributed by atoms with E-state index >= 15 is 0 Å². The quantitative estimate of drug-likeness (QED) is 0.332. The number of anilines is 2. The summed E-state index contributed by atoms with van der Waals surface area (Å²) in [5.74, 6) is -1.84. The SMILES string of the molecule is C=CCNc1nc(C(=O)OCC(=O)Nc2scc(-c3ccccc3)c2C(=O)OCC)cs1. The molecule has 0 saturated carbocycles. The third kappa shape index (κ3) is 5.80. The van der Waals surface area contributed by atoms with Gasteiger partial charge in [0.25, 0.3) is 5.91 Å². The van der Waals surface area contributed by atoms with Crippen LogP contribution in [-0.2, 0) is 14.3 Å². The first-order valence-corrected chi connectivity index (χ1v) is 11.4. The Labute approximate surface area is 192 Å². The molecule has 0 aliphatic rings. The monoisotopic (exact) mass is 471 g/mol. The van der Waals surface area contributed by atoms with Gasteiger partial charge in [0.05, 0.1) is 6.61 Å². The van der Waals surface area contributed by atoms with Crippen LogP contribution in [0.15, 0.2) is 53.7 Å². The van der Waals surface area contributed by atoms with Crippen molar-refractivity contribution >= 4 is 50.7 Å². The number of nitrogens with one attached hydrogen (secondary N) is 2. The molecule has 1 amide bonds. The van der Waals surface area contributed by atoms with Crippen LogP contribution >= 0.6 is 22.7 Å². The zero-order valence-electron chi connectivity index (χ0n) is 17.3. The number of nitrogens with zero attached hydrogens (tertiary/aromatic N) is 1. The van der Waals surface area contributed by atoms with Gasteiger partial charge in [-0.2, -0.15) is 0 Å². The Hall–Kier alpha value is -3.50. The van der Waals surface area contributed by atoms with Crippen LogP contribution in [0.3, 0.4) is 0 Å². The number of thiazole rings is 1. The van der Waals surface area contributed by atoms with E-state index < -0.39 is 24.5 Å². The van der Waals surface area contributed by atoms with E-state index in [0.717, 1.165) is 5.56 Å². The molecule has 0 unspecified atom stereocenters. The molecule has 3 rings (SSSR count). The third-order valence-electron chi connectivity index (χ3n) is 4.05. The van der Waals surface area contributed by atoms with Crippen LogP contribution in [-0.4, -0.2) is 42.6 Å². The van der Waals surface area contributed by atoms with Crippen LogP contribution in [0.2, 0.25) is 0 Å². The van der Waals surface area contributed by atoms with Gasteiger partial charge in [-0.15, -0.1) is 29.3 Å². The van der Waals surface area contributed by atoms with E-state index in [-0.39, 0.29) is 17.9 Å². The Morgan fingerprint density at radius 3 is 2.59 bits per heavy atom. The van der Waals surface area contributed by atoms with Crippen molar-refractivity contribution in [2.24, 2.45) is 0 Å². The molecule has 0 bridgehead atoms. The summed E-state index contributed by atoms with van der Waals surface area (Å²) in [4.78, 5) is 41.2. The number of hydrogen-bond acceptors (Lipinski definition) is 9. The average Bonchev–Trinajstić information content (AvgIpc) is 3.44. The number of ether oxygens (including phenoxy) is 2. The average molecular weight is 472 g/mol. The highest BCUT2D eigenvalue weighted by molar-refractivity contribution is 7.15. The topological polar surface area (TPSA) is 107 Å². The maximum Gasteiger partial charge on any atom is 0.358 e. The second kappa shape index (κ2) is 11.2. The first kappa shape index (κ1) is 23.2. The van der Waals surface area contributed by atoms with Crippen molar-refractivity contribution in [3.05, 3.63) is 65.0 Å². The van der Waals surface area contributed by atoms with E-state index in [4.69, 9.17) is 9.47 Å². The summed E-state index contributed by atoms with van der Waals surface area (Å²) in [5.41, 5.74) is 1.84. The Morgan fingerprint density at radius 2 is 1.88 bits per heavy atom. The Bertz CT molecular complexity index is 1110. The van der Waals surface area contributed by atoms with Crippen LogP contribution in [0.4, 0.5) is 10.1 Å². The van der Waals surface area contributed by atoms with Gasteiger partial charge in [0, 0.05) is 22.9 Å². The molecule has 1 aromatic carbocycles. The van der Waals surface area contributed by atoms with Gasteiger partial charge in [0.2, 0.25) is 0 Å². The van der Waals surface area contributed by atoms with Crippen molar-refractivity contribution in [3.8, 4) is 11.1 Å². The molecule has 2 N–H and O–H groups in total. The lowest BCUT2D eigenvalue weighted by Crippen LogP contribution is -2.22. The molecule has 10 heteroatoms. The predicted octanol–water partition coefficient (Wildman–Crippen LogP) is 4.44. The van der Waals surface area contributed by atoms with Crippen LogP contribution in [0.25, 0.3) is 11.1 Å². The summed E-state index contributed by atoms with van der Waals surface area (Å²) >= 11 is 2.44. The number of benzene rings is 1. The molecule has 166 valence electrons. The van der Waals surface area contributed by atoms with Crippen molar-refractivity contribution in [1.82, 2.24) is 4.98 Å². The second-order valence-electron chi connectivity index (χ2n) is 6.27. The van der Waals surface area contributed by atoms with Gasteiger partial charge < -0.3 is 20.1 Å². The summed E-state index contributed by atoms with van der Waals surface area (Å²) in [7, 11) is 0. The summed E-state index contributed by atoms with van der Waals surface area (Å²) in [6.45, 7) is 5.50. The van der Waals surface area contributed by atoms with Crippen molar-refractivity contribution in [1.29, 1.82) is 0 Å². The molecule has 0 radical (unpaired) electrons. The first-order chi connectivity index (χ1) is 15.5. The van der Waals surface area contributed by atoms with Gasteiger partial charge in [0.1, 0.15) is 10.6 Å². The summed E-state index contributed by atoms with van der Waals surface area (Å²) in [6.07, 6.45) is 1.67. The van der Waals surface area contributed by atoms with Crippen molar-refractivity contribution in [3.63, 3.8) is 0 Å². The fourth-order valence-electron chi connectivity index (χ4n) is 2.66. The molecule has 0 spiro atoms. The number of thiophene rings is 1. The second-order valence-corrected chi connectivity index (χ2v) is 8.01. The molecule has 0 fully saturated rings. The number of esters is 2.